The fourth-order valence-corrected chi connectivity index (χ4v) is 6.06. The maximum Gasteiger partial charge on any atom is 0.280 e. The van der Waals surface area contributed by atoms with E-state index in [4.69, 9.17) is 9.57 Å². The van der Waals surface area contributed by atoms with Crippen molar-refractivity contribution < 1.29 is 22.8 Å². The summed E-state index contributed by atoms with van der Waals surface area (Å²) in [4.78, 5) is 31.2. The third kappa shape index (κ3) is 5.58. The third-order valence-corrected chi connectivity index (χ3v) is 8.62. The highest BCUT2D eigenvalue weighted by molar-refractivity contribution is 7.89. The van der Waals surface area contributed by atoms with Gasteiger partial charge in [-0.25, -0.2) is 23.7 Å². The number of amides is 1. The van der Waals surface area contributed by atoms with E-state index < -0.39 is 22.2 Å². The van der Waals surface area contributed by atoms with E-state index in [1.807, 2.05) is 35.2 Å². The molecule has 1 unspecified atom stereocenters. The number of fused-ring (bicyclic) bond motifs is 1. The van der Waals surface area contributed by atoms with Crippen LogP contribution in [0.5, 0.6) is 0 Å². The van der Waals surface area contributed by atoms with Gasteiger partial charge in [-0.3, -0.25) is 4.79 Å². The zero-order chi connectivity index (χ0) is 26.7. The Labute approximate surface area is 222 Å². The predicted octanol–water partition coefficient (Wildman–Crippen LogP) is 2.39. The molecule has 11 nitrogen and oxygen atoms in total. The number of hydroxylamine groups is 1. The number of ether oxygens (including phenoxy) is 1. The predicted molar refractivity (Wildman–Crippen MR) is 143 cm³/mol. The van der Waals surface area contributed by atoms with Gasteiger partial charge in [-0.15, -0.1) is 0 Å². The summed E-state index contributed by atoms with van der Waals surface area (Å²) in [6.45, 7) is 2.05. The van der Waals surface area contributed by atoms with E-state index in [1.165, 1.54) is 10.5 Å². The Kier molecular flexibility index (Phi) is 7.75. The van der Waals surface area contributed by atoms with Gasteiger partial charge >= 0.3 is 0 Å². The molecular weight excluding hydrogens is 508 g/mol. The zero-order valence-corrected chi connectivity index (χ0v) is 22.4. The number of aromatic nitrogens is 2. The number of anilines is 2. The van der Waals surface area contributed by atoms with E-state index in [2.05, 4.69) is 15.4 Å². The number of benzene rings is 2. The number of rotatable bonds is 7. The van der Waals surface area contributed by atoms with E-state index in [0.717, 1.165) is 30.0 Å². The lowest BCUT2D eigenvalue weighted by Crippen LogP contribution is -2.49. The smallest absolute Gasteiger partial charge is 0.280 e. The van der Waals surface area contributed by atoms with Crippen LogP contribution in [0.4, 0.5) is 11.8 Å². The summed E-state index contributed by atoms with van der Waals surface area (Å²) in [6.07, 6.45) is 3.70. The van der Waals surface area contributed by atoms with Gasteiger partial charge in [-0.1, -0.05) is 30.3 Å². The molecule has 1 amide bonds. The van der Waals surface area contributed by atoms with Crippen molar-refractivity contribution in [3.8, 4) is 0 Å². The van der Waals surface area contributed by atoms with Crippen LogP contribution in [-0.2, 0) is 19.6 Å². The monoisotopic (exact) mass is 540 g/mol. The van der Waals surface area contributed by atoms with Crippen molar-refractivity contribution in [2.45, 2.75) is 30.4 Å². The van der Waals surface area contributed by atoms with Gasteiger partial charge in [0.1, 0.15) is 11.4 Å². The Bertz CT molecular complexity index is 1400. The number of sulfonamides is 1. The standard InChI is InChI=1S/C26H32N6O5S/c1-30(2)24-22(25(33)29-37-23-9-5-6-16-36-23)18-27-26(28-24)31-12-14-32(15-13-31)38(34,35)21-11-10-19-7-3-4-8-20(19)17-21/h3-4,7-8,10-11,17-18,23H,5-6,9,12-16H2,1-2H3,(H,29,33). The van der Waals surface area contributed by atoms with Crippen LogP contribution in [-0.4, -0.2) is 81.8 Å². The minimum absolute atomic E-state index is 0.270. The van der Waals surface area contributed by atoms with Crippen molar-refractivity contribution >= 4 is 38.5 Å². The minimum Gasteiger partial charge on any atom is -0.362 e. The maximum atomic E-state index is 13.3. The zero-order valence-electron chi connectivity index (χ0n) is 21.5. The van der Waals surface area contributed by atoms with Gasteiger partial charge in [0, 0.05) is 59.5 Å². The first kappa shape index (κ1) is 26.3. The molecule has 0 aliphatic carbocycles. The molecule has 0 bridgehead atoms. The molecule has 1 aromatic heterocycles. The Balaban J connectivity index is 1.25. The van der Waals surface area contributed by atoms with Crippen LogP contribution in [0.1, 0.15) is 29.6 Å². The number of carbonyl (C=O) groups is 1. The SMILES string of the molecule is CN(C)c1nc(N2CCN(S(=O)(=O)c3ccc4ccccc4c3)CC2)ncc1C(=O)NOC1CCCCO1. The normalized spacial score (nSPS) is 18.9. The fourth-order valence-electron chi connectivity index (χ4n) is 4.60. The molecule has 0 saturated carbocycles. The van der Waals surface area contributed by atoms with Crippen molar-refractivity contribution in [3.63, 3.8) is 0 Å². The largest absolute Gasteiger partial charge is 0.362 e. The Morgan fingerprint density at radius 1 is 1.08 bits per heavy atom. The summed E-state index contributed by atoms with van der Waals surface area (Å²) in [6, 6.07) is 12.9. The second-order valence-corrected chi connectivity index (χ2v) is 11.5. The molecule has 2 aromatic carbocycles. The van der Waals surface area contributed by atoms with Gasteiger partial charge in [0.25, 0.3) is 5.91 Å². The van der Waals surface area contributed by atoms with Crippen LogP contribution >= 0.6 is 0 Å². The second kappa shape index (κ2) is 11.2. The van der Waals surface area contributed by atoms with Gasteiger partial charge in [0.2, 0.25) is 16.0 Å². The molecule has 2 aliphatic rings. The van der Waals surface area contributed by atoms with Crippen LogP contribution in [0.25, 0.3) is 10.8 Å². The highest BCUT2D eigenvalue weighted by Crippen LogP contribution is 2.25. The molecule has 0 radical (unpaired) electrons. The molecule has 0 spiro atoms. The van der Waals surface area contributed by atoms with Crippen LogP contribution in [0.15, 0.2) is 53.6 Å². The van der Waals surface area contributed by atoms with Crippen LogP contribution in [0.3, 0.4) is 0 Å². The molecule has 2 aliphatic heterocycles. The number of nitrogens with zero attached hydrogens (tertiary/aromatic N) is 5. The molecule has 1 N–H and O–H groups in total. The van der Waals surface area contributed by atoms with E-state index in [0.29, 0.717) is 44.6 Å². The molecule has 12 heteroatoms. The molecule has 1 atom stereocenters. The number of hydrogen-bond donors (Lipinski definition) is 1. The first-order chi connectivity index (χ1) is 18.3. The lowest BCUT2D eigenvalue weighted by molar-refractivity contribution is -0.186. The summed E-state index contributed by atoms with van der Waals surface area (Å²) < 4.78 is 33.6. The number of piperazine rings is 1. The molecule has 3 aromatic rings. The highest BCUT2D eigenvalue weighted by Gasteiger charge is 2.30. The Morgan fingerprint density at radius 2 is 1.84 bits per heavy atom. The van der Waals surface area contributed by atoms with E-state index in [-0.39, 0.29) is 10.5 Å². The minimum atomic E-state index is -3.63. The van der Waals surface area contributed by atoms with Gasteiger partial charge < -0.3 is 14.5 Å². The van der Waals surface area contributed by atoms with Crippen LogP contribution in [0, 0.1) is 0 Å². The number of hydrogen-bond acceptors (Lipinski definition) is 9. The quantitative estimate of drug-likeness (QED) is 0.451. The van der Waals surface area contributed by atoms with Crippen molar-refractivity contribution in [2.75, 3.05) is 56.7 Å². The van der Waals surface area contributed by atoms with E-state index in [9.17, 15) is 13.2 Å². The third-order valence-electron chi connectivity index (χ3n) is 6.73. The van der Waals surface area contributed by atoms with Crippen molar-refractivity contribution in [1.29, 1.82) is 0 Å². The second-order valence-electron chi connectivity index (χ2n) is 9.55. The Morgan fingerprint density at radius 3 is 2.55 bits per heavy atom. The first-order valence-corrected chi connectivity index (χ1v) is 14.1. The van der Waals surface area contributed by atoms with E-state index >= 15 is 0 Å². The van der Waals surface area contributed by atoms with Gasteiger partial charge in [-0.05, 0) is 35.7 Å². The number of nitrogens with one attached hydrogen (secondary N) is 1. The average Bonchev–Trinajstić information content (AvgIpc) is 2.96. The molecule has 202 valence electrons. The van der Waals surface area contributed by atoms with Crippen LogP contribution in [0.2, 0.25) is 0 Å². The van der Waals surface area contributed by atoms with Gasteiger partial charge in [0.05, 0.1) is 4.90 Å². The fraction of sp³-hybridized carbons (Fsp3) is 0.423. The lowest BCUT2D eigenvalue weighted by atomic mass is 10.1. The Hall–Kier alpha value is -3.32. The maximum absolute atomic E-state index is 13.3. The van der Waals surface area contributed by atoms with E-state index in [1.54, 1.807) is 31.1 Å². The summed E-state index contributed by atoms with van der Waals surface area (Å²) >= 11 is 0. The van der Waals surface area contributed by atoms with Gasteiger partial charge in [0.15, 0.2) is 6.29 Å². The molecule has 2 fully saturated rings. The lowest BCUT2D eigenvalue weighted by Gasteiger charge is -2.34. The molecule has 38 heavy (non-hydrogen) atoms. The van der Waals surface area contributed by atoms with Crippen molar-refractivity contribution in [2.24, 2.45) is 0 Å². The van der Waals surface area contributed by atoms with Crippen molar-refractivity contribution in [3.05, 3.63) is 54.2 Å². The van der Waals surface area contributed by atoms with Gasteiger partial charge in [-0.2, -0.15) is 9.29 Å². The van der Waals surface area contributed by atoms with Crippen molar-refractivity contribution in [1.82, 2.24) is 19.8 Å². The molecule has 2 saturated heterocycles. The first-order valence-electron chi connectivity index (χ1n) is 12.7. The van der Waals surface area contributed by atoms with Crippen LogP contribution < -0.4 is 15.3 Å². The summed E-state index contributed by atoms with van der Waals surface area (Å²) in [5.74, 6) is 0.414. The number of carbonyl (C=O) groups excluding carboxylic acids is 1. The summed E-state index contributed by atoms with van der Waals surface area (Å²) in [5.41, 5.74) is 2.72. The average molecular weight is 541 g/mol. The summed E-state index contributed by atoms with van der Waals surface area (Å²) in [7, 11) is -0.0464. The molecular formula is C26H32N6O5S. The molecule has 5 rings (SSSR count). The molecule has 3 heterocycles. The summed E-state index contributed by atoms with van der Waals surface area (Å²) in [5, 5.41) is 1.88. The highest BCUT2D eigenvalue weighted by atomic mass is 32.2. The topological polar surface area (TPSA) is 117 Å².